The molecule has 3 aromatic rings. The van der Waals surface area contributed by atoms with Crippen molar-refractivity contribution in [3.05, 3.63) is 63.6 Å². The number of nitrogens with one attached hydrogen (secondary N) is 1. The summed E-state index contributed by atoms with van der Waals surface area (Å²) in [4.78, 5) is 23.9. The van der Waals surface area contributed by atoms with E-state index in [-0.39, 0.29) is 17.7 Å². The predicted octanol–water partition coefficient (Wildman–Crippen LogP) is 3.53. The molecular weight excluding hydrogens is 328 g/mol. The Bertz CT molecular complexity index is 1000. The summed E-state index contributed by atoms with van der Waals surface area (Å²) in [5, 5.41) is 3.58. The van der Waals surface area contributed by atoms with E-state index < -0.39 is 5.76 Å². The molecule has 1 N–H and O–H groups in total. The molecule has 0 spiro atoms. The van der Waals surface area contributed by atoms with Crippen molar-refractivity contribution in [2.24, 2.45) is 13.0 Å². The maximum atomic E-state index is 12.4. The summed E-state index contributed by atoms with van der Waals surface area (Å²) >= 11 is 6.01. The van der Waals surface area contributed by atoms with Crippen LogP contribution in [0.15, 0.2) is 51.7 Å². The van der Waals surface area contributed by atoms with Gasteiger partial charge in [-0.3, -0.25) is 9.36 Å². The van der Waals surface area contributed by atoms with E-state index in [1.54, 1.807) is 25.2 Å². The number of rotatable bonds is 3. The van der Waals surface area contributed by atoms with Crippen molar-refractivity contribution >= 4 is 34.3 Å². The van der Waals surface area contributed by atoms with Crippen LogP contribution < -0.4 is 11.1 Å². The number of oxazole rings is 1. The van der Waals surface area contributed by atoms with E-state index in [1.807, 2.05) is 24.3 Å². The number of carbonyl (C=O) groups excluding carboxylic acids is 1. The fourth-order valence-corrected chi connectivity index (χ4v) is 3.24. The van der Waals surface area contributed by atoms with Crippen molar-refractivity contribution in [1.82, 2.24) is 4.57 Å². The van der Waals surface area contributed by atoms with Gasteiger partial charge in [0.25, 0.3) is 0 Å². The van der Waals surface area contributed by atoms with Crippen LogP contribution in [0, 0.1) is 5.92 Å². The highest BCUT2D eigenvalue weighted by molar-refractivity contribution is 6.30. The number of anilines is 1. The van der Waals surface area contributed by atoms with E-state index in [1.165, 1.54) is 4.57 Å². The highest BCUT2D eigenvalue weighted by atomic mass is 35.5. The topological polar surface area (TPSA) is 64.2 Å². The minimum absolute atomic E-state index is 0.0300. The second-order valence-electron chi connectivity index (χ2n) is 6.10. The summed E-state index contributed by atoms with van der Waals surface area (Å²) in [5.41, 5.74) is 2.87. The number of hydrogen-bond acceptors (Lipinski definition) is 3. The molecule has 24 heavy (non-hydrogen) atoms. The summed E-state index contributed by atoms with van der Waals surface area (Å²) in [6, 6.07) is 12.8. The normalized spacial score (nSPS) is 19.4. The first-order valence-corrected chi connectivity index (χ1v) is 8.06. The molecule has 1 aliphatic rings. The maximum Gasteiger partial charge on any atom is 0.419 e. The number of nitrogens with zero attached hydrogens (tertiary/aromatic N) is 1. The average Bonchev–Trinajstić information content (AvgIpc) is 3.30. The highest BCUT2D eigenvalue weighted by Crippen LogP contribution is 2.48. The van der Waals surface area contributed by atoms with Gasteiger partial charge >= 0.3 is 5.76 Å². The molecular formula is C18H15ClN2O3. The number of halogens is 1. The van der Waals surface area contributed by atoms with Gasteiger partial charge < -0.3 is 9.73 Å². The van der Waals surface area contributed by atoms with Crippen molar-refractivity contribution < 1.29 is 9.21 Å². The molecule has 0 aliphatic heterocycles. The van der Waals surface area contributed by atoms with Crippen LogP contribution in [0.1, 0.15) is 17.9 Å². The van der Waals surface area contributed by atoms with Crippen molar-refractivity contribution in [2.45, 2.75) is 12.3 Å². The van der Waals surface area contributed by atoms with Crippen molar-refractivity contribution in [2.75, 3.05) is 5.32 Å². The summed E-state index contributed by atoms with van der Waals surface area (Å²) in [5.74, 6) is -0.293. The number of benzene rings is 2. The van der Waals surface area contributed by atoms with Crippen LogP contribution in [0.5, 0.6) is 0 Å². The third-order valence-electron chi connectivity index (χ3n) is 4.46. The first kappa shape index (κ1) is 15.0. The summed E-state index contributed by atoms with van der Waals surface area (Å²) in [6.07, 6.45) is 0.814. The lowest BCUT2D eigenvalue weighted by Crippen LogP contribution is -2.14. The number of fused-ring (bicyclic) bond motifs is 1. The van der Waals surface area contributed by atoms with Gasteiger partial charge in [0, 0.05) is 29.7 Å². The second-order valence-corrected chi connectivity index (χ2v) is 6.54. The van der Waals surface area contributed by atoms with Crippen LogP contribution >= 0.6 is 11.6 Å². The van der Waals surface area contributed by atoms with E-state index in [0.29, 0.717) is 21.8 Å². The Balaban J connectivity index is 1.50. The van der Waals surface area contributed by atoms with E-state index in [0.717, 1.165) is 12.0 Å². The van der Waals surface area contributed by atoms with Gasteiger partial charge in [0.1, 0.15) is 0 Å². The molecule has 122 valence electrons. The molecule has 0 radical (unpaired) electrons. The molecule has 4 rings (SSSR count). The van der Waals surface area contributed by atoms with Gasteiger partial charge in [-0.1, -0.05) is 23.7 Å². The fourth-order valence-electron chi connectivity index (χ4n) is 3.04. The Morgan fingerprint density at radius 3 is 2.92 bits per heavy atom. The van der Waals surface area contributed by atoms with Gasteiger partial charge in [-0.25, -0.2) is 4.79 Å². The molecule has 2 unspecified atom stereocenters. The number of aromatic nitrogens is 1. The van der Waals surface area contributed by atoms with Crippen LogP contribution in [0.3, 0.4) is 0 Å². The number of amides is 1. The van der Waals surface area contributed by atoms with Gasteiger partial charge in [0.05, 0.1) is 5.52 Å². The molecule has 1 aromatic heterocycles. The lowest BCUT2D eigenvalue weighted by Gasteiger charge is -2.05. The van der Waals surface area contributed by atoms with Crippen molar-refractivity contribution in [1.29, 1.82) is 0 Å². The van der Waals surface area contributed by atoms with E-state index in [2.05, 4.69) is 5.32 Å². The molecule has 2 atom stereocenters. The van der Waals surface area contributed by atoms with Crippen LogP contribution in [-0.4, -0.2) is 10.5 Å². The second kappa shape index (κ2) is 5.53. The summed E-state index contributed by atoms with van der Waals surface area (Å²) in [7, 11) is 1.65. The Morgan fingerprint density at radius 1 is 1.29 bits per heavy atom. The Labute approximate surface area is 142 Å². The van der Waals surface area contributed by atoms with Crippen molar-refractivity contribution in [3.63, 3.8) is 0 Å². The first-order chi connectivity index (χ1) is 11.5. The van der Waals surface area contributed by atoms with E-state index >= 15 is 0 Å². The van der Waals surface area contributed by atoms with Gasteiger partial charge in [0.2, 0.25) is 5.91 Å². The molecule has 5 nitrogen and oxygen atoms in total. The Kier molecular flexibility index (Phi) is 3.46. The third-order valence-corrected chi connectivity index (χ3v) is 4.70. The zero-order valence-electron chi connectivity index (χ0n) is 13.0. The lowest BCUT2D eigenvalue weighted by molar-refractivity contribution is -0.117. The van der Waals surface area contributed by atoms with Gasteiger partial charge in [0.15, 0.2) is 5.58 Å². The van der Waals surface area contributed by atoms with Crippen LogP contribution in [0.2, 0.25) is 5.02 Å². The standard InChI is InChI=1S/C18H15ClN2O3/c1-21-15-6-5-12(8-16(15)24-18(21)23)20-17(22)14-9-13(14)10-3-2-4-11(19)7-10/h2-8,13-14H,9H2,1H3,(H,20,22). The number of hydrogen-bond donors (Lipinski definition) is 1. The molecule has 1 aliphatic carbocycles. The van der Waals surface area contributed by atoms with Crippen LogP contribution in [0.4, 0.5) is 5.69 Å². The minimum Gasteiger partial charge on any atom is -0.408 e. The summed E-state index contributed by atoms with van der Waals surface area (Å²) < 4.78 is 6.57. The van der Waals surface area contributed by atoms with Crippen LogP contribution in [0.25, 0.3) is 11.1 Å². The van der Waals surface area contributed by atoms with Gasteiger partial charge in [-0.05, 0) is 42.2 Å². The molecule has 6 heteroatoms. The predicted molar refractivity (Wildman–Crippen MR) is 92.4 cm³/mol. The smallest absolute Gasteiger partial charge is 0.408 e. The highest BCUT2D eigenvalue weighted by Gasteiger charge is 2.44. The molecule has 0 bridgehead atoms. The number of aryl methyl sites for hydroxylation is 1. The quantitative estimate of drug-likeness (QED) is 0.792. The first-order valence-electron chi connectivity index (χ1n) is 7.69. The maximum absolute atomic E-state index is 12.4. The SMILES string of the molecule is Cn1c(=O)oc2cc(NC(=O)C3CC3c3cccc(Cl)c3)ccc21. The Morgan fingerprint density at radius 2 is 2.12 bits per heavy atom. The molecule has 1 fully saturated rings. The monoisotopic (exact) mass is 342 g/mol. The third kappa shape index (κ3) is 2.61. The Hall–Kier alpha value is -2.53. The van der Waals surface area contributed by atoms with Gasteiger partial charge in [-0.2, -0.15) is 0 Å². The van der Waals surface area contributed by atoms with E-state index in [9.17, 15) is 9.59 Å². The van der Waals surface area contributed by atoms with E-state index in [4.69, 9.17) is 16.0 Å². The fraction of sp³-hybridized carbons (Fsp3) is 0.222. The largest absolute Gasteiger partial charge is 0.419 e. The molecule has 0 saturated heterocycles. The molecule has 1 saturated carbocycles. The number of carbonyl (C=O) groups is 1. The van der Waals surface area contributed by atoms with Crippen molar-refractivity contribution in [3.8, 4) is 0 Å². The molecule has 1 heterocycles. The molecule has 2 aromatic carbocycles. The van der Waals surface area contributed by atoms with Crippen LogP contribution in [-0.2, 0) is 11.8 Å². The molecule has 1 amide bonds. The average molecular weight is 343 g/mol. The lowest BCUT2D eigenvalue weighted by atomic mass is 10.1. The zero-order valence-corrected chi connectivity index (χ0v) is 13.7. The summed E-state index contributed by atoms with van der Waals surface area (Å²) in [6.45, 7) is 0. The van der Waals surface area contributed by atoms with Gasteiger partial charge in [-0.15, -0.1) is 0 Å². The minimum atomic E-state index is -0.420. The zero-order chi connectivity index (χ0) is 16.8.